The number of aryl methyl sites for hydroxylation is 1. The molecule has 64 valence electrons. The highest BCUT2D eigenvalue weighted by Crippen LogP contribution is 2.60. The molecule has 0 spiro atoms. The second kappa shape index (κ2) is 2.35. The van der Waals surface area contributed by atoms with Gasteiger partial charge in [0.15, 0.2) is 0 Å². The summed E-state index contributed by atoms with van der Waals surface area (Å²) in [6, 6.07) is 2.27. The van der Waals surface area contributed by atoms with Crippen LogP contribution in [0.15, 0.2) is 11.4 Å². The molecule has 0 aliphatic heterocycles. The van der Waals surface area contributed by atoms with E-state index < -0.39 is 0 Å². The van der Waals surface area contributed by atoms with Crippen LogP contribution in [0.25, 0.3) is 0 Å². The second-order valence-electron chi connectivity index (χ2n) is 4.31. The fraction of sp³-hybridized carbons (Fsp3) is 0.636. The van der Waals surface area contributed by atoms with Crippen LogP contribution in [0.4, 0.5) is 0 Å². The van der Waals surface area contributed by atoms with Gasteiger partial charge in [0.05, 0.1) is 0 Å². The first kappa shape index (κ1) is 7.14. The average molecular weight is 178 g/mol. The second-order valence-corrected chi connectivity index (χ2v) is 5.26. The van der Waals surface area contributed by atoms with Gasteiger partial charge < -0.3 is 0 Å². The maximum Gasteiger partial charge on any atom is 0.0108 e. The van der Waals surface area contributed by atoms with Crippen LogP contribution in [0.5, 0.6) is 0 Å². The molecule has 3 rings (SSSR count). The Bertz CT molecular complexity index is 296. The molecule has 1 heteroatoms. The van der Waals surface area contributed by atoms with E-state index in [4.69, 9.17) is 0 Å². The quantitative estimate of drug-likeness (QED) is 0.649. The minimum Gasteiger partial charge on any atom is -0.148 e. The minimum atomic E-state index is 0.970. The predicted octanol–water partition coefficient (Wildman–Crippen LogP) is 3.57. The van der Waals surface area contributed by atoms with Crippen molar-refractivity contribution in [3.8, 4) is 0 Å². The maximum atomic E-state index is 2.27. The lowest BCUT2D eigenvalue weighted by molar-refractivity contribution is 0.692. The average Bonchev–Trinajstić information content (AvgIpc) is 2.93. The Kier molecular flexibility index (Phi) is 1.40. The van der Waals surface area contributed by atoms with Crippen molar-refractivity contribution in [2.24, 2.45) is 11.8 Å². The molecule has 0 radical (unpaired) electrons. The van der Waals surface area contributed by atoms with Gasteiger partial charge >= 0.3 is 0 Å². The minimum absolute atomic E-state index is 0.970. The van der Waals surface area contributed by atoms with Crippen molar-refractivity contribution in [1.29, 1.82) is 0 Å². The van der Waals surface area contributed by atoms with Gasteiger partial charge in [-0.2, -0.15) is 0 Å². The van der Waals surface area contributed by atoms with Crippen molar-refractivity contribution in [2.75, 3.05) is 0 Å². The predicted molar refractivity (Wildman–Crippen MR) is 52.6 cm³/mol. The monoisotopic (exact) mass is 178 g/mol. The van der Waals surface area contributed by atoms with Crippen molar-refractivity contribution in [2.45, 2.75) is 32.1 Å². The normalized spacial score (nSPS) is 33.8. The molecule has 1 aromatic rings. The summed E-state index contributed by atoms with van der Waals surface area (Å²) in [5.74, 6) is 3.18. The molecule has 1 aromatic heterocycles. The molecule has 0 amide bonds. The van der Waals surface area contributed by atoms with Crippen LogP contribution < -0.4 is 0 Å². The molecule has 2 aliphatic carbocycles. The van der Waals surface area contributed by atoms with Crippen molar-refractivity contribution in [3.63, 3.8) is 0 Å². The summed E-state index contributed by atoms with van der Waals surface area (Å²) in [5, 5.41) is 2.24. The summed E-state index contributed by atoms with van der Waals surface area (Å²) in [4.78, 5) is 1.69. The zero-order chi connectivity index (χ0) is 8.13. The van der Waals surface area contributed by atoms with E-state index in [1.54, 1.807) is 4.88 Å². The van der Waals surface area contributed by atoms with E-state index in [0.29, 0.717) is 0 Å². The topological polar surface area (TPSA) is 0 Å². The van der Waals surface area contributed by atoms with E-state index in [2.05, 4.69) is 18.4 Å². The van der Waals surface area contributed by atoms with Gasteiger partial charge in [0.2, 0.25) is 0 Å². The van der Waals surface area contributed by atoms with E-state index in [-0.39, 0.29) is 0 Å². The highest BCUT2D eigenvalue weighted by atomic mass is 32.1. The van der Waals surface area contributed by atoms with Gasteiger partial charge in [0.1, 0.15) is 0 Å². The Balaban J connectivity index is 1.79. The van der Waals surface area contributed by atoms with Crippen molar-refractivity contribution < 1.29 is 0 Å². The van der Waals surface area contributed by atoms with Crippen LogP contribution in [-0.4, -0.2) is 0 Å². The molecule has 0 aromatic carbocycles. The third-order valence-electron chi connectivity index (χ3n) is 3.31. The van der Waals surface area contributed by atoms with E-state index in [9.17, 15) is 0 Å². The molecule has 2 saturated carbocycles. The van der Waals surface area contributed by atoms with Gasteiger partial charge in [0, 0.05) is 4.88 Å². The van der Waals surface area contributed by atoms with Gasteiger partial charge in [0.25, 0.3) is 0 Å². The van der Waals surface area contributed by atoms with Crippen LogP contribution in [0.3, 0.4) is 0 Å². The molecule has 0 bridgehead atoms. The number of hydrogen-bond donors (Lipinski definition) is 0. The summed E-state index contributed by atoms with van der Waals surface area (Å²) < 4.78 is 0. The molecule has 0 saturated heterocycles. The van der Waals surface area contributed by atoms with Gasteiger partial charge in [-0.15, -0.1) is 11.3 Å². The van der Waals surface area contributed by atoms with E-state index in [0.717, 1.165) is 17.8 Å². The molecule has 0 nitrogen and oxygen atoms in total. The number of hydrogen-bond acceptors (Lipinski definition) is 1. The smallest absolute Gasteiger partial charge is 0.0108 e. The fourth-order valence-corrected chi connectivity index (χ4v) is 3.44. The van der Waals surface area contributed by atoms with Gasteiger partial charge in [-0.3, -0.25) is 0 Å². The Hall–Kier alpha value is -0.300. The van der Waals surface area contributed by atoms with Crippen LogP contribution in [-0.2, 0) is 0 Å². The summed E-state index contributed by atoms with van der Waals surface area (Å²) in [6.45, 7) is 2.26. The van der Waals surface area contributed by atoms with E-state index in [1.807, 2.05) is 11.3 Å². The first-order chi connectivity index (χ1) is 5.86. The molecule has 1 heterocycles. The largest absolute Gasteiger partial charge is 0.148 e. The van der Waals surface area contributed by atoms with Crippen molar-refractivity contribution in [3.05, 3.63) is 21.9 Å². The lowest BCUT2D eigenvalue weighted by atomic mass is 10.1. The maximum absolute atomic E-state index is 2.27. The van der Waals surface area contributed by atoms with E-state index >= 15 is 0 Å². The van der Waals surface area contributed by atoms with Gasteiger partial charge in [-0.25, -0.2) is 0 Å². The SMILES string of the molecule is Cc1ccsc1[C@@H]1C[C@@H]1C1CC1. The lowest BCUT2D eigenvalue weighted by Gasteiger charge is -1.96. The van der Waals surface area contributed by atoms with Gasteiger partial charge in [-0.05, 0) is 60.9 Å². The van der Waals surface area contributed by atoms with E-state index in [1.165, 1.54) is 24.8 Å². The van der Waals surface area contributed by atoms with Crippen molar-refractivity contribution in [1.82, 2.24) is 0 Å². The van der Waals surface area contributed by atoms with Crippen LogP contribution in [0.1, 0.15) is 35.6 Å². The molecular formula is C11H14S. The Morgan fingerprint density at radius 1 is 1.42 bits per heavy atom. The molecule has 2 aliphatic rings. The molecule has 0 unspecified atom stereocenters. The number of thiophene rings is 1. The highest BCUT2D eigenvalue weighted by Gasteiger charge is 2.48. The Morgan fingerprint density at radius 3 is 2.83 bits per heavy atom. The zero-order valence-electron chi connectivity index (χ0n) is 7.42. The summed E-state index contributed by atoms with van der Waals surface area (Å²) in [6.07, 6.45) is 4.53. The molecular weight excluding hydrogens is 164 g/mol. The lowest BCUT2D eigenvalue weighted by Crippen LogP contribution is -1.83. The number of rotatable bonds is 2. The zero-order valence-corrected chi connectivity index (χ0v) is 8.23. The molecule has 2 fully saturated rings. The molecule has 2 atom stereocenters. The summed E-state index contributed by atoms with van der Waals surface area (Å²) in [5.41, 5.74) is 1.54. The summed E-state index contributed by atoms with van der Waals surface area (Å²) >= 11 is 1.97. The standard InChI is InChI=1S/C11H14S/c1-7-4-5-12-11(7)10-6-9(10)8-2-3-8/h4-5,8-10H,2-3,6H2,1H3/t9-,10-/m1/s1. The van der Waals surface area contributed by atoms with Crippen LogP contribution in [0.2, 0.25) is 0 Å². The third kappa shape index (κ3) is 1.03. The summed E-state index contributed by atoms with van der Waals surface area (Å²) in [7, 11) is 0. The first-order valence-electron chi connectivity index (χ1n) is 4.90. The van der Waals surface area contributed by atoms with Gasteiger partial charge in [-0.1, -0.05) is 0 Å². The Morgan fingerprint density at radius 2 is 2.25 bits per heavy atom. The molecule has 0 N–H and O–H groups in total. The Labute approximate surface area is 77.6 Å². The first-order valence-corrected chi connectivity index (χ1v) is 5.78. The third-order valence-corrected chi connectivity index (χ3v) is 4.46. The van der Waals surface area contributed by atoms with Crippen LogP contribution in [0, 0.1) is 18.8 Å². The van der Waals surface area contributed by atoms with Crippen LogP contribution >= 0.6 is 11.3 Å². The highest BCUT2D eigenvalue weighted by molar-refractivity contribution is 7.10. The fourth-order valence-electron chi connectivity index (χ4n) is 2.33. The van der Waals surface area contributed by atoms with Crippen molar-refractivity contribution >= 4 is 11.3 Å². The molecule has 12 heavy (non-hydrogen) atoms.